The Morgan fingerprint density at radius 2 is 1.78 bits per heavy atom. The maximum atomic E-state index is 11.9. The molecule has 0 radical (unpaired) electrons. The van der Waals surface area contributed by atoms with Crippen molar-refractivity contribution in [3.05, 3.63) is 63.7 Å². The molecule has 0 aliphatic carbocycles. The topological polar surface area (TPSA) is 105 Å². The number of esters is 1. The van der Waals surface area contributed by atoms with Gasteiger partial charge >= 0.3 is 5.97 Å². The van der Waals surface area contributed by atoms with Crippen molar-refractivity contribution in [1.29, 1.82) is 0 Å². The lowest BCUT2D eigenvalue weighted by molar-refractivity contribution is -0.384. The van der Waals surface area contributed by atoms with Crippen molar-refractivity contribution in [3.8, 4) is 11.5 Å². The second-order valence-corrected chi connectivity index (χ2v) is 5.51. The number of carbonyl (C=O) groups excluding carboxylic acids is 2. The molecular formula is C19H19NO7. The Hall–Kier alpha value is -3.42. The summed E-state index contributed by atoms with van der Waals surface area (Å²) in [5.41, 5.74) is 0.999. The summed E-state index contributed by atoms with van der Waals surface area (Å²) in [4.78, 5) is 33.5. The number of hydrogen-bond donors (Lipinski definition) is 0. The van der Waals surface area contributed by atoms with Gasteiger partial charge in [0.05, 0.1) is 11.5 Å². The van der Waals surface area contributed by atoms with E-state index in [0.29, 0.717) is 29.2 Å². The summed E-state index contributed by atoms with van der Waals surface area (Å²) in [7, 11) is 0. The largest absolute Gasteiger partial charge is 0.493 e. The SMILES string of the molecule is CCOc1ccc(C(C)=O)cc1COC(=O)COc1ccc([N+](=O)[O-])cc1. The first-order chi connectivity index (χ1) is 12.9. The summed E-state index contributed by atoms with van der Waals surface area (Å²) in [5, 5.41) is 10.6. The molecule has 0 atom stereocenters. The van der Waals surface area contributed by atoms with Gasteiger partial charge in [0, 0.05) is 23.3 Å². The first kappa shape index (κ1) is 19.9. The van der Waals surface area contributed by atoms with E-state index >= 15 is 0 Å². The van der Waals surface area contributed by atoms with E-state index in [9.17, 15) is 19.7 Å². The van der Waals surface area contributed by atoms with Crippen LogP contribution in [0.2, 0.25) is 0 Å². The van der Waals surface area contributed by atoms with E-state index in [1.807, 2.05) is 6.92 Å². The summed E-state index contributed by atoms with van der Waals surface area (Å²) in [6.45, 7) is 3.28. The van der Waals surface area contributed by atoms with Crippen LogP contribution in [0.15, 0.2) is 42.5 Å². The zero-order valence-electron chi connectivity index (χ0n) is 15.0. The van der Waals surface area contributed by atoms with E-state index in [0.717, 1.165) is 0 Å². The van der Waals surface area contributed by atoms with Crippen LogP contribution in [0.5, 0.6) is 11.5 Å². The molecule has 2 rings (SSSR count). The van der Waals surface area contributed by atoms with Gasteiger partial charge in [-0.15, -0.1) is 0 Å². The number of non-ortho nitro benzene ring substituents is 1. The molecule has 0 heterocycles. The predicted octanol–water partition coefficient (Wildman–Crippen LogP) is 3.32. The number of carbonyl (C=O) groups is 2. The Kier molecular flexibility index (Phi) is 6.87. The maximum absolute atomic E-state index is 11.9. The fraction of sp³-hybridized carbons (Fsp3) is 0.263. The number of hydrogen-bond acceptors (Lipinski definition) is 7. The average Bonchev–Trinajstić information content (AvgIpc) is 2.65. The van der Waals surface area contributed by atoms with E-state index in [1.165, 1.54) is 31.2 Å². The van der Waals surface area contributed by atoms with Crippen LogP contribution in [0.4, 0.5) is 5.69 Å². The molecule has 0 amide bonds. The molecule has 0 fully saturated rings. The predicted molar refractivity (Wildman–Crippen MR) is 96.0 cm³/mol. The van der Waals surface area contributed by atoms with Gasteiger partial charge in [0.1, 0.15) is 18.1 Å². The van der Waals surface area contributed by atoms with E-state index in [2.05, 4.69) is 0 Å². The normalized spacial score (nSPS) is 10.1. The lowest BCUT2D eigenvalue weighted by Crippen LogP contribution is -2.15. The number of nitro benzene ring substituents is 1. The van der Waals surface area contributed by atoms with Gasteiger partial charge in [-0.25, -0.2) is 4.79 Å². The minimum atomic E-state index is -0.621. The highest BCUT2D eigenvalue weighted by Crippen LogP contribution is 2.22. The molecule has 0 spiro atoms. The third-order valence-corrected chi connectivity index (χ3v) is 3.56. The lowest BCUT2D eigenvalue weighted by atomic mass is 10.1. The maximum Gasteiger partial charge on any atom is 0.344 e. The molecule has 0 aromatic heterocycles. The van der Waals surface area contributed by atoms with Crippen LogP contribution in [-0.2, 0) is 16.1 Å². The summed E-state index contributed by atoms with van der Waals surface area (Å²) < 4.78 is 15.9. The summed E-state index contributed by atoms with van der Waals surface area (Å²) in [6.07, 6.45) is 0. The quantitative estimate of drug-likeness (QED) is 0.287. The molecule has 8 heteroatoms. The fourth-order valence-electron chi connectivity index (χ4n) is 2.21. The van der Waals surface area contributed by atoms with Crippen LogP contribution in [0.3, 0.4) is 0 Å². The van der Waals surface area contributed by atoms with Crippen molar-refractivity contribution in [2.24, 2.45) is 0 Å². The Morgan fingerprint density at radius 1 is 1.07 bits per heavy atom. The summed E-state index contributed by atoms with van der Waals surface area (Å²) in [6, 6.07) is 10.3. The molecule has 8 nitrogen and oxygen atoms in total. The molecule has 0 N–H and O–H groups in total. The lowest BCUT2D eigenvalue weighted by Gasteiger charge is -2.12. The van der Waals surface area contributed by atoms with Crippen molar-refractivity contribution in [1.82, 2.24) is 0 Å². The van der Waals surface area contributed by atoms with Crippen molar-refractivity contribution in [3.63, 3.8) is 0 Å². The number of nitro groups is 1. The number of benzene rings is 2. The van der Waals surface area contributed by atoms with Crippen molar-refractivity contribution in [2.45, 2.75) is 20.5 Å². The van der Waals surface area contributed by atoms with Crippen LogP contribution in [0.1, 0.15) is 29.8 Å². The molecule has 142 valence electrons. The smallest absolute Gasteiger partial charge is 0.344 e. The summed E-state index contributed by atoms with van der Waals surface area (Å²) >= 11 is 0. The van der Waals surface area contributed by atoms with Gasteiger partial charge in [-0.2, -0.15) is 0 Å². The molecule has 2 aromatic rings. The number of rotatable bonds is 9. The van der Waals surface area contributed by atoms with Crippen LogP contribution in [-0.4, -0.2) is 29.9 Å². The molecule has 0 bridgehead atoms. The molecular weight excluding hydrogens is 354 g/mol. The molecule has 0 saturated heterocycles. The zero-order valence-corrected chi connectivity index (χ0v) is 15.0. The van der Waals surface area contributed by atoms with Crippen molar-refractivity contribution >= 4 is 17.4 Å². The number of ether oxygens (including phenoxy) is 3. The van der Waals surface area contributed by atoms with Gasteiger partial charge in [-0.1, -0.05) is 0 Å². The second kappa shape index (κ2) is 9.33. The fourth-order valence-corrected chi connectivity index (χ4v) is 2.21. The van der Waals surface area contributed by atoms with Gasteiger partial charge in [-0.3, -0.25) is 14.9 Å². The van der Waals surface area contributed by atoms with Crippen LogP contribution >= 0.6 is 0 Å². The summed E-state index contributed by atoms with van der Waals surface area (Å²) in [5.74, 6) is 0.119. The first-order valence-corrected chi connectivity index (χ1v) is 8.20. The highest BCUT2D eigenvalue weighted by Gasteiger charge is 2.12. The standard InChI is InChI=1S/C19H19NO7/c1-3-25-18-9-4-14(13(2)21)10-15(18)11-27-19(22)12-26-17-7-5-16(6-8-17)20(23)24/h4-10H,3,11-12H2,1-2H3. The average molecular weight is 373 g/mol. The molecule has 27 heavy (non-hydrogen) atoms. The van der Waals surface area contributed by atoms with E-state index in [1.54, 1.807) is 18.2 Å². The van der Waals surface area contributed by atoms with Gasteiger partial charge in [-0.05, 0) is 44.2 Å². The molecule has 2 aromatic carbocycles. The second-order valence-electron chi connectivity index (χ2n) is 5.51. The molecule has 0 unspecified atom stereocenters. The van der Waals surface area contributed by atoms with E-state index < -0.39 is 10.9 Å². The number of ketones is 1. The Morgan fingerprint density at radius 3 is 2.37 bits per heavy atom. The Bertz CT molecular complexity index is 830. The third kappa shape index (κ3) is 5.81. The van der Waals surface area contributed by atoms with Crippen LogP contribution < -0.4 is 9.47 Å². The zero-order chi connectivity index (χ0) is 19.8. The number of Topliss-reactive ketones (excluding diaryl/α,β-unsaturated/α-hetero) is 1. The molecule has 0 aliphatic rings. The van der Waals surface area contributed by atoms with Crippen molar-refractivity contribution < 1.29 is 28.7 Å². The minimum absolute atomic E-state index is 0.0705. The van der Waals surface area contributed by atoms with Gasteiger partial charge in [0.25, 0.3) is 5.69 Å². The number of nitrogens with zero attached hydrogens (tertiary/aromatic N) is 1. The van der Waals surface area contributed by atoms with Crippen molar-refractivity contribution in [2.75, 3.05) is 13.2 Å². The molecule has 0 aliphatic heterocycles. The van der Waals surface area contributed by atoms with E-state index in [4.69, 9.17) is 14.2 Å². The first-order valence-electron chi connectivity index (χ1n) is 8.20. The van der Waals surface area contributed by atoms with E-state index in [-0.39, 0.29) is 24.7 Å². The highest BCUT2D eigenvalue weighted by atomic mass is 16.6. The van der Waals surface area contributed by atoms with Gasteiger partial charge in [0.15, 0.2) is 12.4 Å². The monoisotopic (exact) mass is 373 g/mol. The van der Waals surface area contributed by atoms with Gasteiger partial charge < -0.3 is 14.2 Å². The van der Waals surface area contributed by atoms with Crippen LogP contribution in [0, 0.1) is 10.1 Å². The minimum Gasteiger partial charge on any atom is -0.493 e. The molecule has 0 saturated carbocycles. The third-order valence-electron chi connectivity index (χ3n) is 3.56. The highest BCUT2D eigenvalue weighted by molar-refractivity contribution is 5.94. The Labute approximate surface area is 155 Å². The van der Waals surface area contributed by atoms with Crippen LogP contribution in [0.25, 0.3) is 0 Å². The Balaban J connectivity index is 1.93. The van der Waals surface area contributed by atoms with Gasteiger partial charge in [0.2, 0.25) is 0 Å².